The largest absolute Gasteiger partial charge is 0.480 e. The van der Waals surface area contributed by atoms with Gasteiger partial charge in [0.05, 0.1) is 11.9 Å². The van der Waals surface area contributed by atoms with Gasteiger partial charge < -0.3 is 9.84 Å². The van der Waals surface area contributed by atoms with Gasteiger partial charge in [0.15, 0.2) is 0 Å². The van der Waals surface area contributed by atoms with E-state index in [2.05, 4.69) is 0 Å². The fourth-order valence-electron chi connectivity index (χ4n) is 2.45. The summed E-state index contributed by atoms with van der Waals surface area (Å²) in [7, 11) is -3.74. The van der Waals surface area contributed by atoms with Gasteiger partial charge in [-0.05, 0) is 49.7 Å². The van der Waals surface area contributed by atoms with Crippen molar-refractivity contribution >= 4 is 21.7 Å². The maximum absolute atomic E-state index is 12.1. The normalized spacial score (nSPS) is 12.4. The van der Waals surface area contributed by atoms with E-state index in [1.807, 2.05) is 31.2 Å². The van der Waals surface area contributed by atoms with E-state index in [-0.39, 0.29) is 12.1 Å². The second kappa shape index (κ2) is 7.57. The lowest BCUT2D eigenvalue weighted by atomic mass is 10.2. The van der Waals surface area contributed by atoms with Crippen LogP contribution in [0, 0.1) is 6.92 Å². The summed E-state index contributed by atoms with van der Waals surface area (Å²) in [5.74, 6) is 0.00706. The number of hydrogen-bond donors (Lipinski definition) is 1. The molecule has 0 aromatic heterocycles. The molecule has 7 heteroatoms. The number of hydrogen-bond acceptors (Lipinski definition) is 4. The molecule has 0 radical (unpaired) electrons. The summed E-state index contributed by atoms with van der Waals surface area (Å²) in [6.45, 7) is 3.61. The molecule has 2 aromatic rings. The highest BCUT2D eigenvalue weighted by Gasteiger charge is 2.31. The molecule has 0 aliphatic rings. The number of rotatable bonds is 7. The number of anilines is 1. The summed E-state index contributed by atoms with van der Waals surface area (Å²) in [5.41, 5.74) is 1.40. The molecule has 0 aliphatic heterocycles. The van der Waals surface area contributed by atoms with Gasteiger partial charge in [0.1, 0.15) is 17.5 Å². The fraction of sp³-hybridized carbons (Fsp3) is 0.278. The molecule has 1 N–H and O–H groups in total. The maximum atomic E-state index is 12.1. The van der Waals surface area contributed by atoms with Crippen molar-refractivity contribution in [1.82, 2.24) is 0 Å². The molecular weight excluding hydrogens is 342 g/mol. The van der Waals surface area contributed by atoms with Crippen molar-refractivity contribution in [3.8, 4) is 11.5 Å². The number of ether oxygens (including phenoxy) is 1. The Balaban J connectivity index is 2.29. The molecule has 134 valence electrons. The smallest absolute Gasteiger partial charge is 0.327 e. The standard InChI is InChI=1S/C18H21NO5S/c1-4-17(18(20)21)19(25(3,22)23)14-7-11-16(12-8-14)24-15-9-5-13(2)6-10-15/h5-12,17H,4H2,1-3H3,(H,20,21). The lowest BCUT2D eigenvalue weighted by Gasteiger charge is -2.28. The molecule has 2 aromatic carbocycles. The Kier molecular flexibility index (Phi) is 5.69. The van der Waals surface area contributed by atoms with Crippen LogP contribution in [0.4, 0.5) is 5.69 Å². The molecule has 0 saturated heterocycles. The molecule has 0 fully saturated rings. The summed E-state index contributed by atoms with van der Waals surface area (Å²) < 4.78 is 30.8. The van der Waals surface area contributed by atoms with E-state index in [4.69, 9.17) is 4.74 Å². The Morgan fingerprint density at radius 3 is 1.96 bits per heavy atom. The maximum Gasteiger partial charge on any atom is 0.327 e. The zero-order valence-corrected chi connectivity index (χ0v) is 15.2. The molecule has 0 spiro atoms. The van der Waals surface area contributed by atoms with Crippen LogP contribution in [0.15, 0.2) is 48.5 Å². The molecule has 0 heterocycles. The van der Waals surface area contributed by atoms with Gasteiger partial charge in [0.2, 0.25) is 10.0 Å². The van der Waals surface area contributed by atoms with Crippen LogP contribution in [0.2, 0.25) is 0 Å². The molecule has 1 unspecified atom stereocenters. The predicted molar refractivity (Wildman–Crippen MR) is 96.7 cm³/mol. The Labute approximate surface area is 147 Å². The second-order valence-electron chi connectivity index (χ2n) is 5.73. The number of aliphatic carboxylic acids is 1. The number of aryl methyl sites for hydroxylation is 1. The van der Waals surface area contributed by atoms with Gasteiger partial charge >= 0.3 is 5.97 Å². The van der Waals surface area contributed by atoms with Crippen LogP contribution in [0.1, 0.15) is 18.9 Å². The van der Waals surface area contributed by atoms with E-state index < -0.39 is 22.0 Å². The number of benzene rings is 2. The Bertz CT molecular complexity index is 829. The third-order valence-corrected chi connectivity index (χ3v) is 4.84. The molecule has 0 aliphatic carbocycles. The topological polar surface area (TPSA) is 83.9 Å². The minimum atomic E-state index is -3.74. The Morgan fingerprint density at radius 1 is 1.08 bits per heavy atom. The van der Waals surface area contributed by atoms with Gasteiger partial charge in [-0.1, -0.05) is 24.6 Å². The van der Waals surface area contributed by atoms with Gasteiger partial charge in [-0.3, -0.25) is 4.31 Å². The molecule has 1 atom stereocenters. The summed E-state index contributed by atoms with van der Waals surface area (Å²) >= 11 is 0. The first-order valence-corrected chi connectivity index (χ1v) is 9.64. The Hall–Kier alpha value is -2.54. The lowest BCUT2D eigenvalue weighted by molar-refractivity contribution is -0.138. The molecule has 0 saturated carbocycles. The van der Waals surface area contributed by atoms with Crippen LogP contribution in [0.3, 0.4) is 0 Å². The highest BCUT2D eigenvalue weighted by Crippen LogP contribution is 2.27. The van der Waals surface area contributed by atoms with Crippen molar-refractivity contribution < 1.29 is 23.1 Å². The summed E-state index contributed by atoms with van der Waals surface area (Å²) in [6, 6.07) is 12.7. The van der Waals surface area contributed by atoms with E-state index in [1.165, 1.54) is 12.1 Å². The van der Waals surface area contributed by atoms with Crippen molar-refractivity contribution in [3.05, 3.63) is 54.1 Å². The highest BCUT2D eigenvalue weighted by molar-refractivity contribution is 7.92. The fourth-order valence-corrected chi connectivity index (χ4v) is 3.65. The predicted octanol–water partition coefficient (Wildman–Crippen LogP) is 3.42. The average Bonchev–Trinajstić information content (AvgIpc) is 2.54. The monoisotopic (exact) mass is 363 g/mol. The van der Waals surface area contributed by atoms with E-state index >= 15 is 0 Å². The molecule has 6 nitrogen and oxygen atoms in total. The van der Waals surface area contributed by atoms with Gasteiger partial charge in [0.25, 0.3) is 0 Å². The van der Waals surface area contributed by atoms with Crippen LogP contribution in [-0.2, 0) is 14.8 Å². The van der Waals surface area contributed by atoms with E-state index in [1.54, 1.807) is 19.1 Å². The third-order valence-electron chi connectivity index (χ3n) is 3.66. The van der Waals surface area contributed by atoms with Crippen LogP contribution in [0.25, 0.3) is 0 Å². The van der Waals surface area contributed by atoms with Gasteiger partial charge in [-0.25, -0.2) is 13.2 Å². The molecule has 2 rings (SSSR count). The van der Waals surface area contributed by atoms with Crippen LogP contribution in [0.5, 0.6) is 11.5 Å². The summed E-state index contributed by atoms with van der Waals surface area (Å²) in [6.07, 6.45) is 1.15. The minimum absolute atomic E-state index is 0.157. The first-order chi connectivity index (χ1) is 11.7. The second-order valence-corrected chi connectivity index (χ2v) is 7.59. The van der Waals surface area contributed by atoms with E-state index in [0.717, 1.165) is 16.1 Å². The van der Waals surface area contributed by atoms with E-state index in [0.29, 0.717) is 11.5 Å². The van der Waals surface area contributed by atoms with Crippen LogP contribution >= 0.6 is 0 Å². The average molecular weight is 363 g/mol. The molecular formula is C18H21NO5S. The quantitative estimate of drug-likeness (QED) is 0.815. The van der Waals surface area contributed by atoms with Crippen molar-refractivity contribution in [2.45, 2.75) is 26.3 Å². The zero-order chi connectivity index (χ0) is 18.6. The molecule has 0 amide bonds. The van der Waals surface area contributed by atoms with Gasteiger partial charge in [0, 0.05) is 0 Å². The van der Waals surface area contributed by atoms with Crippen molar-refractivity contribution in [1.29, 1.82) is 0 Å². The summed E-state index contributed by atoms with van der Waals surface area (Å²) in [4.78, 5) is 11.4. The zero-order valence-electron chi connectivity index (χ0n) is 14.3. The summed E-state index contributed by atoms with van der Waals surface area (Å²) in [5, 5.41) is 9.31. The number of nitrogens with zero attached hydrogens (tertiary/aromatic N) is 1. The van der Waals surface area contributed by atoms with Crippen LogP contribution in [-0.4, -0.2) is 31.8 Å². The molecule has 0 bridgehead atoms. The number of carboxylic acids is 1. The SMILES string of the molecule is CCC(C(=O)O)N(c1ccc(Oc2ccc(C)cc2)cc1)S(C)(=O)=O. The number of carbonyl (C=O) groups is 1. The lowest BCUT2D eigenvalue weighted by Crippen LogP contribution is -2.44. The third kappa shape index (κ3) is 4.73. The molecule has 25 heavy (non-hydrogen) atoms. The first kappa shape index (κ1) is 18.8. The first-order valence-electron chi connectivity index (χ1n) is 7.79. The van der Waals surface area contributed by atoms with Crippen molar-refractivity contribution in [2.75, 3.05) is 10.6 Å². The number of carboxylic acid groups (broad SMARTS) is 1. The van der Waals surface area contributed by atoms with Gasteiger partial charge in [-0.15, -0.1) is 0 Å². The number of sulfonamides is 1. The van der Waals surface area contributed by atoms with Crippen LogP contribution < -0.4 is 9.04 Å². The van der Waals surface area contributed by atoms with Gasteiger partial charge in [-0.2, -0.15) is 0 Å². The minimum Gasteiger partial charge on any atom is -0.480 e. The Morgan fingerprint density at radius 2 is 1.56 bits per heavy atom. The van der Waals surface area contributed by atoms with E-state index in [9.17, 15) is 18.3 Å². The van der Waals surface area contributed by atoms with Crippen molar-refractivity contribution in [2.24, 2.45) is 0 Å². The van der Waals surface area contributed by atoms with Crippen molar-refractivity contribution in [3.63, 3.8) is 0 Å². The highest BCUT2D eigenvalue weighted by atomic mass is 32.2.